The molecule has 20 heavy (non-hydrogen) atoms. The van der Waals surface area contributed by atoms with Gasteiger partial charge in [0.15, 0.2) is 6.61 Å². The van der Waals surface area contributed by atoms with Crippen LogP contribution in [-0.4, -0.2) is 30.1 Å². The third-order valence-electron chi connectivity index (χ3n) is 2.95. The molecule has 5 nitrogen and oxygen atoms in total. The minimum atomic E-state index is -0.814. The second kappa shape index (κ2) is 8.19. The summed E-state index contributed by atoms with van der Waals surface area (Å²) < 4.78 is 5.42. The van der Waals surface area contributed by atoms with Crippen LogP contribution in [0, 0.1) is 12.8 Å². The maximum atomic E-state index is 11.6. The minimum absolute atomic E-state index is 0.0312. The molecule has 0 saturated heterocycles. The van der Waals surface area contributed by atoms with Crippen molar-refractivity contribution >= 4 is 11.9 Å². The van der Waals surface area contributed by atoms with E-state index >= 15 is 0 Å². The van der Waals surface area contributed by atoms with Gasteiger partial charge in [-0.1, -0.05) is 25.1 Å². The van der Waals surface area contributed by atoms with Crippen LogP contribution >= 0.6 is 0 Å². The topological polar surface area (TPSA) is 75.6 Å². The van der Waals surface area contributed by atoms with Crippen LogP contribution in [0.2, 0.25) is 0 Å². The van der Waals surface area contributed by atoms with Gasteiger partial charge in [0.25, 0.3) is 5.91 Å². The maximum absolute atomic E-state index is 11.6. The molecule has 0 saturated carbocycles. The zero-order valence-corrected chi connectivity index (χ0v) is 11.9. The molecule has 5 heteroatoms. The molecule has 0 aliphatic rings. The first-order chi connectivity index (χ1) is 9.49. The van der Waals surface area contributed by atoms with Crippen LogP contribution in [0.5, 0.6) is 5.75 Å². The first-order valence-electron chi connectivity index (χ1n) is 6.66. The third kappa shape index (κ3) is 6.22. The average molecular weight is 279 g/mol. The van der Waals surface area contributed by atoms with Crippen LogP contribution in [-0.2, 0) is 9.59 Å². The zero-order valence-electron chi connectivity index (χ0n) is 11.9. The van der Waals surface area contributed by atoms with E-state index in [-0.39, 0.29) is 24.9 Å². The summed E-state index contributed by atoms with van der Waals surface area (Å²) in [5.74, 6) is -0.184. The normalized spacial score (nSPS) is 11.7. The maximum Gasteiger partial charge on any atom is 0.303 e. The molecule has 1 amide bonds. The summed E-state index contributed by atoms with van der Waals surface area (Å²) in [6, 6.07) is 7.50. The second-order valence-electron chi connectivity index (χ2n) is 4.90. The second-order valence-corrected chi connectivity index (χ2v) is 4.90. The summed E-state index contributed by atoms with van der Waals surface area (Å²) in [5, 5.41) is 11.3. The van der Waals surface area contributed by atoms with E-state index in [9.17, 15) is 9.59 Å². The molecular weight excluding hydrogens is 258 g/mol. The number of benzene rings is 1. The third-order valence-corrected chi connectivity index (χ3v) is 2.95. The molecule has 0 aliphatic heterocycles. The van der Waals surface area contributed by atoms with Gasteiger partial charge in [-0.25, -0.2) is 0 Å². The number of para-hydroxylation sites is 1. The van der Waals surface area contributed by atoms with Crippen molar-refractivity contribution in [2.45, 2.75) is 26.7 Å². The van der Waals surface area contributed by atoms with E-state index in [1.54, 1.807) is 0 Å². The molecule has 0 aromatic heterocycles. The molecule has 1 atom stereocenters. The number of ether oxygens (including phenoxy) is 1. The predicted molar refractivity (Wildman–Crippen MR) is 75.7 cm³/mol. The van der Waals surface area contributed by atoms with Crippen molar-refractivity contribution < 1.29 is 19.4 Å². The average Bonchev–Trinajstić information content (AvgIpc) is 2.42. The van der Waals surface area contributed by atoms with Crippen molar-refractivity contribution in [1.29, 1.82) is 0 Å². The van der Waals surface area contributed by atoms with E-state index in [1.807, 2.05) is 38.1 Å². The predicted octanol–water partition coefficient (Wildman–Crippen LogP) is 1.99. The van der Waals surface area contributed by atoms with Crippen LogP contribution in [0.3, 0.4) is 0 Å². The number of hydrogen-bond acceptors (Lipinski definition) is 3. The lowest BCUT2D eigenvalue weighted by Gasteiger charge is -2.12. The number of rotatable bonds is 8. The molecular formula is C15H21NO4. The highest BCUT2D eigenvalue weighted by atomic mass is 16.5. The van der Waals surface area contributed by atoms with E-state index in [0.717, 1.165) is 5.56 Å². The summed E-state index contributed by atoms with van der Waals surface area (Å²) >= 11 is 0. The lowest BCUT2D eigenvalue weighted by atomic mass is 10.1. The van der Waals surface area contributed by atoms with Crippen molar-refractivity contribution in [3.63, 3.8) is 0 Å². The molecule has 0 fully saturated rings. The molecule has 0 bridgehead atoms. The quantitative estimate of drug-likeness (QED) is 0.763. The van der Waals surface area contributed by atoms with Crippen LogP contribution in [0.15, 0.2) is 24.3 Å². The van der Waals surface area contributed by atoms with Crippen molar-refractivity contribution in [1.82, 2.24) is 5.32 Å². The molecule has 1 rings (SSSR count). The van der Waals surface area contributed by atoms with Gasteiger partial charge < -0.3 is 15.2 Å². The van der Waals surface area contributed by atoms with Crippen LogP contribution in [0.25, 0.3) is 0 Å². The number of carboxylic acid groups (broad SMARTS) is 1. The number of amides is 1. The molecule has 110 valence electrons. The van der Waals surface area contributed by atoms with Crippen molar-refractivity contribution in [3.8, 4) is 5.75 Å². The van der Waals surface area contributed by atoms with Crippen molar-refractivity contribution in [3.05, 3.63) is 29.8 Å². The number of carboxylic acids is 1. The lowest BCUT2D eigenvalue weighted by Crippen LogP contribution is -2.32. The van der Waals surface area contributed by atoms with Crippen molar-refractivity contribution in [2.75, 3.05) is 13.2 Å². The van der Waals surface area contributed by atoms with Gasteiger partial charge in [0, 0.05) is 13.0 Å². The molecule has 0 radical (unpaired) electrons. The first-order valence-corrected chi connectivity index (χ1v) is 6.66. The Labute approximate surface area is 118 Å². The standard InChI is InChI=1S/C15H21NO4/c1-11(7-8-15(18)19)9-16-14(17)10-20-13-6-4-3-5-12(13)2/h3-6,11H,7-10H2,1-2H3,(H,16,17)(H,18,19). The fraction of sp³-hybridized carbons (Fsp3) is 0.467. The molecule has 2 N–H and O–H groups in total. The van der Waals surface area contributed by atoms with Gasteiger partial charge in [0.2, 0.25) is 0 Å². The number of hydrogen-bond donors (Lipinski definition) is 2. The zero-order chi connectivity index (χ0) is 15.0. The minimum Gasteiger partial charge on any atom is -0.484 e. The molecule has 1 unspecified atom stereocenters. The Kier molecular flexibility index (Phi) is 6.56. The summed E-state index contributed by atoms with van der Waals surface area (Å²) in [6.45, 7) is 4.26. The van der Waals surface area contributed by atoms with Crippen molar-refractivity contribution in [2.24, 2.45) is 5.92 Å². The van der Waals surface area contributed by atoms with Crippen LogP contribution in [0.4, 0.5) is 0 Å². The Morgan fingerprint density at radius 1 is 1.35 bits per heavy atom. The fourth-order valence-corrected chi connectivity index (χ4v) is 1.67. The summed E-state index contributed by atoms with van der Waals surface area (Å²) in [5.41, 5.74) is 0.982. The van der Waals surface area contributed by atoms with E-state index < -0.39 is 5.97 Å². The Morgan fingerprint density at radius 3 is 2.70 bits per heavy atom. The van der Waals surface area contributed by atoms with Gasteiger partial charge in [-0.05, 0) is 30.9 Å². The SMILES string of the molecule is Cc1ccccc1OCC(=O)NCC(C)CCC(=O)O. The Hall–Kier alpha value is -2.04. The lowest BCUT2D eigenvalue weighted by molar-refractivity contribution is -0.137. The van der Waals surface area contributed by atoms with Crippen LogP contribution in [0.1, 0.15) is 25.3 Å². The summed E-state index contributed by atoms with van der Waals surface area (Å²) in [7, 11) is 0. The van der Waals surface area contributed by atoms with Gasteiger partial charge in [-0.15, -0.1) is 0 Å². The van der Waals surface area contributed by atoms with E-state index in [2.05, 4.69) is 5.32 Å². The molecule has 0 aliphatic carbocycles. The van der Waals surface area contributed by atoms with E-state index in [4.69, 9.17) is 9.84 Å². The highest BCUT2D eigenvalue weighted by Crippen LogP contribution is 2.15. The fourth-order valence-electron chi connectivity index (χ4n) is 1.67. The Balaban J connectivity index is 2.24. The molecule has 0 spiro atoms. The highest BCUT2D eigenvalue weighted by Gasteiger charge is 2.08. The van der Waals surface area contributed by atoms with Crippen LogP contribution < -0.4 is 10.1 Å². The molecule has 1 aromatic carbocycles. The summed E-state index contributed by atoms with van der Waals surface area (Å²) in [6.07, 6.45) is 0.672. The smallest absolute Gasteiger partial charge is 0.303 e. The number of carbonyl (C=O) groups is 2. The number of aryl methyl sites for hydroxylation is 1. The number of carbonyl (C=O) groups excluding carboxylic acids is 1. The number of aliphatic carboxylic acids is 1. The van der Waals surface area contributed by atoms with Gasteiger partial charge >= 0.3 is 5.97 Å². The van der Waals surface area contributed by atoms with Gasteiger partial charge in [-0.3, -0.25) is 9.59 Å². The molecule has 0 heterocycles. The Bertz CT molecular complexity index is 459. The monoisotopic (exact) mass is 279 g/mol. The van der Waals surface area contributed by atoms with Gasteiger partial charge in [-0.2, -0.15) is 0 Å². The van der Waals surface area contributed by atoms with E-state index in [1.165, 1.54) is 0 Å². The summed E-state index contributed by atoms with van der Waals surface area (Å²) in [4.78, 5) is 22.0. The van der Waals surface area contributed by atoms with E-state index in [0.29, 0.717) is 18.7 Å². The Morgan fingerprint density at radius 2 is 2.05 bits per heavy atom. The highest BCUT2D eigenvalue weighted by molar-refractivity contribution is 5.77. The molecule has 1 aromatic rings. The van der Waals surface area contributed by atoms with Gasteiger partial charge in [0.05, 0.1) is 0 Å². The first kappa shape index (κ1) is 16.0. The largest absolute Gasteiger partial charge is 0.484 e. The number of nitrogens with one attached hydrogen (secondary N) is 1. The van der Waals surface area contributed by atoms with Gasteiger partial charge in [0.1, 0.15) is 5.75 Å².